The molecule has 1 amide bonds. The van der Waals surface area contributed by atoms with Gasteiger partial charge in [0.1, 0.15) is 11.9 Å². The van der Waals surface area contributed by atoms with Crippen LogP contribution in [0.2, 0.25) is 0 Å². The summed E-state index contributed by atoms with van der Waals surface area (Å²) in [6.45, 7) is 1.16. The van der Waals surface area contributed by atoms with Crippen molar-refractivity contribution in [1.29, 1.82) is 0 Å². The van der Waals surface area contributed by atoms with Crippen LogP contribution in [0.3, 0.4) is 0 Å². The molecule has 3 rings (SSSR count). The number of para-hydroxylation sites is 1. The molecular formula is C18H13FN2O5. The Balaban J connectivity index is 2.25. The minimum absolute atomic E-state index is 0.0735. The zero-order valence-corrected chi connectivity index (χ0v) is 13.5. The average Bonchev–Trinajstić information content (AvgIpc) is 2.87. The number of benzene rings is 2. The van der Waals surface area contributed by atoms with Crippen LogP contribution < -0.4 is 4.90 Å². The summed E-state index contributed by atoms with van der Waals surface area (Å²) < 4.78 is 13.2. The van der Waals surface area contributed by atoms with Gasteiger partial charge in [-0.25, -0.2) is 4.39 Å². The lowest BCUT2D eigenvalue weighted by Gasteiger charge is -2.26. The normalized spacial score (nSPS) is 16.9. The Morgan fingerprint density at radius 3 is 2.38 bits per heavy atom. The number of aliphatic hydroxyl groups is 1. The second-order valence-electron chi connectivity index (χ2n) is 5.69. The van der Waals surface area contributed by atoms with Crippen molar-refractivity contribution < 1.29 is 24.0 Å². The van der Waals surface area contributed by atoms with Crippen molar-refractivity contribution in [2.24, 2.45) is 0 Å². The first kappa shape index (κ1) is 17.3. The highest BCUT2D eigenvalue weighted by molar-refractivity contribution is 6.16. The highest BCUT2D eigenvalue weighted by atomic mass is 19.1. The molecule has 2 aromatic rings. The van der Waals surface area contributed by atoms with Crippen LogP contribution in [0.25, 0.3) is 0 Å². The Labute approximate surface area is 147 Å². The van der Waals surface area contributed by atoms with Crippen LogP contribution >= 0.6 is 0 Å². The number of carbonyl (C=O) groups is 2. The summed E-state index contributed by atoms with van der Waals surface area (Å²) in [5.74, 6) is -2.79. The summed E-state index contributed by atoms with van der Waals surface area (Å²) in [6, 6.07) is 9.28. The topological polar surface area (TPSA) is 101 Å². The fraction of sp³-hybridized carbons (Fsp3) is 0.111. The molecule has 132 valence electrons. The highest BCUT2D eigenvalue weighted by Gasteiger charge is 2.45. The van der Waals surface area contributed by atoms with Crippen molar-refractivity contribution in [2.75, 3.05) is 4.90 Å². The monoisotopic (exact) mass is 356 g/mol. The molecule has 0 unspecified atom stereocenters. The molecule has 0 saturated carbocycles. The summed E-state index contributed by atoms with van der Waals surface area (Å²) in [6.07, 6.45) is 0. The SMILES string of the molecule is CC(=O)C1=C(O)C(=O)N(c2ccc(F)cc2)[C@H]1c1ccccc1[N+](=O)[O-]. The predicted molar refractivity (Wildman–Crippen MR) is 90.1 cm³/mol. The number of anilines is 1. The van der Waals surface area contributed by atoms with Crippen LogP contribution in [0.5, 0.6) is 0 Å². The number of ketones is 1. The van der Waals surface area contributed by atoms with Crippen molar-refractivity contribution in [2.45, 2.75) is 13.0 Å². The molecule has 1 atom stereocenters. The van der Waals surface area contributed by atoms with Crippen LogP contribution in [-0.4, -0.2) is 21.7 Å². The highest BCUT2D eigenvalue weighted by Crippen LogP contribution is 2.43. The van der Waals surface area contributed by atoms with Crippen molar-refractivity contribution in [1.82, 2.24) is 0 Å². The van der Waals surface area contributed by atoms with Crippen molar-refractivity contribution >= 4 is 23.1 Å². The molecule has 1 aliphatic heterocycles. The summed E-state index contributed by atoms with van der Waals surface area (Å²) in [7, 11) is 0. The van der Waals surface area contributed by atoms with Gasteiger partial charge in [0.05, 0.1) is 16.1 Å². The van der Waals surface area contributed by atoms with Crippen LogP contribution in [-0.2, 0) is 9.59 Å². The second kappa shape index (κ2) is 6.40. The molecule has 0 fully saturated rings. The smallest absolute Gasteiger partial charge is 0.294 e. The zero-order valence-electron chi connectivity index (χ0n) is 13.5. The van der Waals surface area contributed by atoms with Gasteiger partial charge in [0.2, 0.25) is 0 Å². The number of aliphatic hydroxyl groups excluding tert-OH is 1. The van der Waals surface area contributed by atoms with E-state index in [9.17, 15) is 29.2 Å². The first-order chi connectivity index (χ1) is 12.3. The van der Waals surface area contributed by atoms with Gasteiger partial charge in [0.25, 0.3) is 11.6 Å². The number of nitro groups is 1. The summed E-state index contributed by atoms with van der Waals surface area (Å²) in [5.41, 5.74) is -0.272. The number of hydrogen-bond acceptors (Lipinski definition) is 5. The maximum absolute atomic E-state index is 13.2. The summed E-state index contributed by atoms with van der Waals surface area (Å²) in [5, 5.41) is 21.6. The van der Waals surface area contributed by atoms with E-state index in [1.807, 2.05) is 0 Å². The molecule has 2 aromatic carbocycles. The molecule has 7 nitrogen and oxygen atoms in total. The third kappa shape index (κ3) is 2.71. The fourth-order valence-electron chi connectivity index (χ4n) is 3.01. The molecule has 0 aliphatic carbocycles. The van der Waals surface area contributed by atoms with Gasteiger partial charge < -0.3 is 5.11 Å². The second-order valence-corrected chi connectivity index (χ2v) is 5.69. The van der Waals surface area contributed by atoms with Crippen molar-refractivity contribution in [3.05, 3.63) is 81.4 Å². The molecule has 26 heavy (non-hydrogen) atoms. The van der Waals surface area contributed by atoms with Crippen LogP contribution in [0.4, 0.5) is 15.8 Å². The molecule has 8 heteroatoms. The molecule has 0 bridgehead atoms. The number of halogens is 1. The predicted octanol–water partition coefficient (Wildman–Crippen LogP) is 3.22. The minimum atomic E-state index is -1.19. The van der Waals surface area contributed by atoms with Crippen LogP contribution in [0.15, 0.2) is 59.9 Å². The van der Waals surface area contributed by atoms with Gasteiger partial charge in [0, 0.05) is 11.8 Å². The molecule has 1 N–H and O–H groups in total. The first-order valence-electron chi connectivity index (χ1n) is 7.59. The maximum atomic E-state index is 13.2. The third-order valence-corrected chi connectivity index (χ3v) is 4.12. The summed E-state index contributed by atoms with van der Waals surface area (Å²) >= 11 is 0. The maximum Gasteiger partial charge on any atom is 0.294 e. The number of nitrogens with zero attached hydrogens (tertiary/aromatic N) is 2. The van der Waals surface area contributed by atoms with E-state index in [4.69, 9.17) is 0 Å². The van der Waals surface area contributed by atoms with Gasteiger partial charge in [0.15, 0.2) is 11.5 Å². The lowest BCUT2D eigenvalue weighted by Crippen LogP contribution is -2.31. The third-order valence-electron chi connectivity index (χ3n) is 4.12. The van der Waals surface area contributed by atoms with Gasteiger partial charge in [-0.05, 0) is 37.3 Å². The molecule has 0 aromatic heterocycles. The van der Waals surface area contributed by atoms with Gasteiger partial charge in [-0.2, -0.15) is 0 Å². The average molecular weight is 356 g/mol. The molecule has 0 spiro atoms. The van der Waals surface area contributed by atoms with Gasteiger partial charge in [-0.15, -0.1) is 0 Å². The number of nitro benzene ring substituents is 1. The van der Waals surface area contributed by atoms with E-state index in [0.717, 1.165) is 24.0 Å². The zero-order chi connectivity index (χ0) is 19.0. The Kier molecular flexibility index (Phi) is 4.25. The molecule has 1 heterocycles. The molecule has 0 saturated heterocycles. The van der Waals surface area contributed by atoms with Crippen LogP contribution in [0.1, 0.15) is 18.5 Å². The Morgan fingerprint density at radius 1 is 1.19 bits per heavy atom. The number of amides is 1. The van der Waals surface area contributed by atoms with Crippen LogP contribution in [0, 0.1) is 15.9 Å². The largest absolute Gasteiger partial charge is 0.503 e. The fourth-order valence-corrected chi connectivity index (χ4v) is 3.01. The standard InChI is InChI=1S/C18H13FN2O5/c1-10(22)15-16(13-4-2-3-5-14(13)21(25)26)20(18(24)17(15)23)12-8-6-11(19)7-9-12/h2-9,16,23H,1H3/t16-/m0/s1. The van der Waals surface area contributed by atoms with E-state index in [2.05, 4.69) is 0 Å². The van der Waals surface area contributed by atoms with E-state index < -0.39 is 34.2 Å². The number of carbonyl (C=O) groups excluding carboxylic acids is 2. The Morgan fingerprint density at radius 2 is 1.81 bits per heavy atom. The van der Waals surface area contributed by atoms with E-state index in [1.54, 1.807) is 0 Å². The quantitative estimate of drug-likeness (QED) is 0.669. The van der Waals surface area contributed by atoms with Crippen molar-refractivity contribution in [3.8, 4) is 0 Å². The molecule has 1 aliphatic rings. The van der Waals surface area contributed by atoms with E-state index in [-0.39, 0.29) is 22.5 Å². The van der Waals surface area contributed by atoms with Gasteiger partial charge in [-0.1, -0.05) is 12.1 Å². The lowest BCUT2D eigenvalue weighted by atomic mass is 9.95. The first-order valence-corrected chi connectivity index (χ1v) is 7.59. The van der Waals surface area contributed by atoms with Gasteiger partial charge in [-0.3, -0.25) is 24.6 Å². The molecular weight excluding hydrogens is 343 g/mol. The molecule has 0 radical (unpaired) electrons. The van der Waals surface area contributed by atoms with E-state index in [0.29, 0.717) is 0 Å². The van der Waals surface area contributed by atoms with E-state index in [1.165, 1.54) is 36.4 Å². The number of hydrogen-bond donors (Lipinski definition) is 1. The lowest BCUT2D eigenvalue weighted by molar-refractivity contribution is -0.385. The van der Waals surface area contributed by atoms with E-state index >= 15 is 0 Å². The summed E-state index contributed by atoms with van der Waals surface area (Å²) in [4.78, 5) is 36.5. The Hall–Kier alpha value is -3.55. The number of rotatable bonds is 4. The number of Topliss-reactive ketones (excluding diaryl/α,β-unsaturated/α-hetero) is 1. The Bertz CT molecular complexity index is 952. The minimum Gasteiger partial charge on any atom is -0.503 e. The van der Waals surface area contributed by atoms with Gasteiger partial charge >= 0.3 is 0 Å². The van der Waals surface area contributed by atoms with Crippen molar-refractivity contribution in [3.63, 3.8) is 0 Å².